The Labute approximate surface area is 168 Å². The summed E-state index contributed by atoms with van der Waals surface area (Å²) in [4.78, 5) is 11.8. The lowest BCUT2D eigenvalue weighted by atomic mass is 9.91. The van der Waals surface area contributed by atoms with E-state index in [1.165, 1.54) is 18.4 Å². The quantitative estimate of drug-likeness (QED) is 0.355. The van der Waals surface area contributed by atoms with Gasteiger partial charge in [-0.3, -0.25) is 0 Å². The summed E-state index contributed by atoms with van der Waals surface area (Å²) in [6.07, 6.45) is 13.8. The molecule has 0 fully saturated rings. The third kappa shape index (κ3) is 5.63. The normalized spacial score (nSPS) is 17.7. The minimum atomic E-state index is -1.09. The molecule has 1 aliphatic heterocycles. The maximum atomic E-state index is 11.8. The first-order valence-corrected chi connectivity index (χ1v) is 10.4. The molecule has 1 aromatic rings. The highest BCUT2D eigenvalue weighted by molar-refractivity contribution is 5.95. The third-order valence-electron chi connectivity index (χ3n) is 5.29. The van der Waals surface area contributed by atoms with Crippen molar-refractivity contribution in [3.63, 3.8) is 0 Å². The number of hydrogen-bond donors (Lipinski definition) is 2. The van der Waals surface area contributed by atoms with Crippen LogP contribution in [0, 0.1) is 0 Å². The number of ether oxygens (including phenoxy) is 1. The summed E-state index contributed by atoms with van der Waals surface area (Å²) in [7, 11) is 0. The van der Waals surface area contributed by atoms with Gasteiger partial charge in [-0.2, -0.15) is 0 Å². The highest BCUT2D eigenvalue weighted by atomic mass is 16.5. The van der Waals surface area contributed by atoms with E-state index in [2.05, 4.69) is 26.8 Å². The van der Waals surface area contributed by atoms with Gasteiger partial charge in [0.1, 0.15) is 22.7 Å². The van der Waals surface area contributed by atoms with Crippen LogP contribution in [0.2, 0.25) is 0 Å². The molecule has 4 nitrogen and oxygen atoms in total. The first-order valence-electron chi connectivity index (χ1n) is 10.4. The fourth-order valence-corrected chi connectivity index (χ4v) is 3.64. The molecule has 0 aliphatic carbocycles. The molecule has 2 N–H and O–H groups in total. The van der Waals surface area contributed by atoms with E-state index in [1.807, 2.05) is 19.1 Å². The number of aromatic carboxylic acids is 1. The van der Waals surface area contributed by atoms with E-state index in [4.69, 9.17) is 4.74 Å². The van der Waals surface area contributed by atoms with Crippen molar-refractivity contribution in [1.29, 1.82) is 0 Å². The molecule has 154 valence electrons. The second kappa shape index (κ2) is 9.81. The number of hydrogen-bond acceptors (Lipinski definition) is 3. The van der Waals surface area contributed by atoms with E-state index in [1.54, 1.807) is 6.08 Å². The molecule has 0 saturated heterocycles. The molecule has 0 amide bonds. The van der Waals surface area contributed by atoms with Crippen LogP contribution < -0.4 is 4.74 Å². The zero-order valence-corrected chi connectivity index (χ0v) is 17.7. The predicted octanol–water partition coefficient (Wildman–Crippen LogP) is 6.51. The number of aryl methyl sites for hydroxylation is 1. The fraction of sp³-hybridized carbons (Fsp3) is 0.542. The zero-order valence-electron chi connectivity index (χ0n) is 17.7. The number of phenols is 1. The monoisotopic (exact) mass is 386 g/mol. The second-order valence-electron chi connectivity index (χ2n) is 8.21. The highest BCUT2D eigenvalue weighted by Gasteiger charge is 2.31. The van der Waals surface area contributed by atoms with Crippen LogP contribution in [0.25, 0.3) is 6.08 Å². The topological polar surface area (TPSA) is 66.8 Å². The number of benzene rings is 1. The Balaban J connectivity index is 2.25. The maximum absolute atomic E-state index is 11.8. The molecular weight excluding hydrogens is 352 g/mol. The predicted molar refractivity (Wildman–Crippen MR) is 114 cm³/mol. The molecule has 0 saturated carbocycles. The number of carbonyl (C=O) groups is 1. The van der Waals surface area contributed by atoms with Gasteiger partial charge in [-0.05, 0) is 70.2 Å². The number of carboxylic acid groups (broad SMARTS) is 1. The summed E-state index contributed by atoms with van der Waals surface area (Å²) in [6, 6.07) is 1.82. The average molecular weight is 387 g/mol. The Morgan fingerprint density at radius 3 is 2.57 bits per heavy atom. The Hall–Kier alpha value is -2.23. The Kier molecular flexibility index (Phi) is 7.73. The van der Waals surface area contributed by atoms with Crippen molar-refractivity contribution in [3.05, 3.63) is 40.5 Å². The van der Waals surface area contributed by atoms with Crippen LogP contribution in [-0.2, 0) is 6.42 Å². The van der Waals surface area contributed by atoms with E-state index in [0.29, 0.717) is 23.3 Å². The van der Waals surface area contributed by atoms with Crippen molar-refractivity contribution in [1.82, 2.24) is 0 Å². The molecule has 0 aromatic heterocycles. The third-order valence-corrected chi connectivity index (χ3v) is 5.29. The standard InChI is InChI=1S/C24H34O4/c1-5-6-7-8-9-12-18-16-20-19(22(25)21(18)23(26)27)13-15-24(4,28-20)14-10-11-17(2)3/h11,13,15-16,25H,5-10,12,14H2,1-4H3,(H,26,27). The number of rotatable bonds is 10. The number of allylic oxidation sites excluding steroid dienone is 2. The summed E-state index contributed by atoms with van der Waals surface area (Å²) in [6.45, 7) is 8.35. The number of unbranched alkanes of at least 4 members (excludes halogenated alkanes) is 4. The van der Waals surface area contributed by atoms with Gasteiger partial charge in [0.05, 0.1) is 5.56 Å². The van der Waals surface area contributed by atoms with Crippen molar-refractivity contribution in [2.45, 2.75) is 84.7 Å². The maximum Gasteiger partial charge on any atom is 0.339 e. The molecule has 28 heavy (non-hydrogen) atoms. The average Bonchev–Trinajstić information content (AvgIpc) is 2.60. The largest absolute Gasteiger partial charge is 0.506 e. The summed E-state index contributed by atoms with van der Waals surface area (Å²) in [5, 5.41) is 20.3. The van der Waals surface area contributed by atoms with Gasteiger partial charge < -0.3 is 14.9 Å². The van der Waals surface area contributed by atoms with Crippen LogP contribution in [0.1, 0.15) is 94.1 Å². The number of carboxylic acids is 1. The van der Waals surface area contributed by atoms with Crippen LogP contribution in [0.4, 0.5) is 0 Å². The van der Waals surface area contributed by atoms with Crippen LogP contribution in [-0.4, -0.2) is 21.8 Å². The van der Waals surface area contributed by atoms with Crippen molar-refractivity contribution in [2.75, 3.05) is 0 Å². The van der Waals surface area contributed by atoms with E-state index in [9.17, 15) is 15.0 Å². The van der Waals surface area contributed by atoms with Gasteiger partial charge in [0.25, 0.3) is 0 Å². The fourth-order valence-electron chi connectivity index (χ4n) is 3.64. The van der Waals surface area contributed by atoms with Gasteiger partial charge in [0.2, 0.25) is 0 Å². The summed E-state index contributed by atoms with van der Waals surface area (Å²) < 4.78 is 6.23. The van der Waals surface area contributed by atoms with Crippen molar-refractivity contribution in [2.24, 2.45) is 0 Å². The lowest BCUT2D eigenvalue weighted by Crippen LogP contribution is -2.32. The van der Waals surface area contributed by atoms with E-state index >= 15 is 0 Å². The Morgan fingerprint density at radius 1 is 1.21 bits per heavy atom. The summed E-state index contributed by atoms with van der Waals surface area (Å²) >= 11 is 0. The van der Waals surface area contributed by atoms with Crippen molar-refractivity contribution < 1.29 is 19.7 Å². The van der Waals surface area contributed by atoms with Crippen LogP contribution in [0.3, 0.4) is 0 Å². The number of fused-ring (bicyclic) bond motifs is 1. The number of aromatic hydroxyl groups is 1. The Morgan fingerprint density at radius 2 is 1.93 bits per heavy atom. The van der Waals surface area contributed by atoms with E-state index in [0.717, 1.165) is 32.1 Å². The van der Waals surface area contributed by atoms with Gasteiger partial charge in [0, 0.05) is 0 Å². The van der Waals surface area contributed by atoms with Gasteiger partial charge in [0.15, 0.2) is 0 Å². The molecule has 0 bridgehead atoms. The second-order valence-corrected chi connectivity index (χ2v) is 8.21. The molecule has 4 heteroatoms. The van der Waals surface area contributed by atoms with E-state index < -0.39 is 11.6 Å². The molecule has 1 aliphatic rings. The van der Waals surface area contributed by atoms with Gasteiger partial charge in [-0.15, -0.1) is 0 Å². The van der Waals surface area contributed by atoms with Gasteiger partial charge in [-0.1, -0.05) is 44.3 Å². The first kappa shape index (κ1) is 22.1. The minimum absolute atomic E-state index is 0.00985. The van der Waals surface area contributed by atoms with Crippen molar-refractivity contribution >= 4 is 12.0 Å². The summed E-state index contributed by atoms with van der Waals surface area (Å²) in [5.41, 5.74) is 1.94. The first-order chi connectivity index (χ1) is 13.3. The molecule has 1 atom stereocenters. The van der Waals surface area contributed by atoms with Crippen LogP contribution in [0.5, 0.6) is 11.5 Å². The van der Waals surface area contributed by atoms with Gasteiger partial charge in [-0.25, -0.2) is 4.79 Å². The highest BCUT2D eigenvalue weighted by Crippen LogP contribution is 2.42. The summed E-state index contributed by atoms with van der Waals surface area (Å²) in [5.74, 6) is -0.696. The lowest BCUT2D eigenvalue weighted by Gasteiger charge is -2.32. The van der Waals surface area contributed by atoms with E-state index in [-0.39, 0.29) is 11.3 Å². The SMILES string of the molecule is CCCCCCCc1cc2c(c(O)c1C(=O)O)C=CC(C)(CCC=C(C)C)O2. The van der Waals surface area contributed by atoms with Crippen molar-refractivity contribution in [3.8, 4) is 11.5 Å². The molecule has 1 heterocycles. The molecule has 0 spiro atoms. The molecule has 0 radical (unpaired) electrons. The lowest BCUT2D eigenvalue weighted by molar-refractivity contribution is 0.0692. The molecule has 2 rings (SSSR count). The van der Waals surface area contributed by atoms with Crippen LogP contribution >= 0.6 is 0 Å². The zero-order chi connectivity index (χ0) is 20.7. The molecular formula is C24H34O4. The Bertz CT molecular complexity index is 756. The molecule has 1 unspecified atom stereocenters. The van der Waals surface area contributed by atoms with Crippen LogP contribution in [0.15, 0.2) is 23.8 Å². The smallest absolute Gasteiger partial charge is 0.339 e. The molecule has 1 aromatic carbocycles. The van der Waals surface area contributed by atoms with Gasteiger partial charge >= 0.3 is 5.97 Å². The minimum Gasteiger partial charge on any atom is -0.506 e.